The predicted octanol–water partition coefficient (Wildman–Crippen LogP) is 2.06. The summed E-state index contributed by atoms with van der Waals surface area (Å²) in [7, 11) is 1.49. The highest BCUT2D eigenvalue weighted by Gasteiger charge is 2.35. The van der Waals surface area contributed by atoms with Gasteiger partial charge in [-0.15, -0.1) is 0 Å². The minimum Gasteiger partial charge on any atom is -0.481 e. The summed E-state index contributed by atoms with van der Waals surface area (Å²) < 4.78 is 5.01. The fourth-order valence-corrected chi connectivity index (χ4v) is 1.70. The Kier molecular flexibility index (Phi) is 4.81. The third kappa shape index (κ3) is 3.19. The van der Waals surface area contributed by atoms with Gasteiger partial charge in [-0.1, -0.05) is 13.8 Å². The number of anilines is 1. The van der Waals surface area contributed by atoms with Crippen LogP contribution < -0.4 is 10.1 Å². The largest absolute Gasteiger partial charge is 0.481 e. The van der Waals surface area contributed by atoms with E-state index in [-0.39, 0.29) is 11.9 Å². The maximum absolute atomic E-state index is 12.2. The van der Waals surface area contributed by atoms with Crippen LogP contribution in [-0.2, 0) is 4.79 Å². The summed E-state index contributed by atoms with van der Waals surface area (Å²) in [5.41, 5.74) is -0.363. The van der Waals surface area contributed by atoms with Crippen molar-refractivity contribution in [2.45, 2.75) is 33.6 Å². The van der Waals surface area contributed by atoms with Crippen LogP contribution in [0.3, 0.4) is 0 Å². The number of aryl methyl sites for hydroxylation is 1. The summed E-state index contributed by atoms with van der Waals surface area (Å²) >= 11 is 0. The van der Waals surface area contributed by atoms with Crippen LogP contribution in [0.5, 0.6) is 5.88 Å². The molecule has 0 spiro atoms. The Labute approximate surface area is 112 Å². The van der Waals surface area contributed by atoms with E-state index in [2.05, 4.69) is 21.4 Å². The molecule has 0 bridgehead atoms. The third-order valence-corrected chi connectivity index (χ3v) is 3.12. The Bertz CT molecular complexity index is 504. The summed E-state index contributed by atoms with van der Waals surface area (Å²) in [5, 5.41) is 11.8. The molecule has 1 rings (SSSR count). The lowest BCUT2D eigenvalue weighted by Crippen LogP contribution is -2.34. The summed E-state index contributed by atoms with van der Waals surface area (Å²) in [4.78, 5) is 20.3. The van der Waals surface area contributed by atoms with Gasteiger partial charge in [0.25, 0.3) is 0 Å². The number of hydrogen-bond donors (Lipinski definition) is 1. The number of rotatable bonds is 5. The molecule has 1 amide bonds. The molecule has 0 radical (unpaired) electrons. The highest BCUT2D eigenvalue weighted by atomic mass is 16.5. The van der Waals surface area contributed by atoms with Crippen molar-refractivity contribution in [1.82, 2.24) is 9.97 Å². The lowest BCUT2D eigenvalue weighted by Gasteiger charge is -2.21. The van der Waals surface area contributed by atoms with E-state index in [1.54, 1.807) is 13.0 Å². The molecule has 0 saturated heterocycles. The maximum Gasteiger partial charge on any atom is 0.247 e. The molecule has 102 valence electrons. The van der Waals surface area contributed by atoms with E-state index in [1.807, 2.05) is 13.8 Å². The number of nitriles is 1. The number of hydrogen-bond acceptors (Lipinski definition) is 5. The zero-order valence-corrected chi connectivity index (χ0v) is 11.6. The highest BCUT2D eigenvalue weighted by Crippen LogP contribution is 2.27. The second-order valence-electron chi connectivity index (χ2n) is 4.23. The van der Waals surface area contributed by atoms with Gasteiger partial charge in [0.15, 0.2) is 0 Å². The number of amides is 1. The average molecular weight is 262 g/mol. The van der Waals surface area contributed by atoms with Gasteiger partial charge in [0.1, 0.15) is 5.41 Å². The molecule has 0 unspecified atom stereocenters. The van der Waals surface area contributed by atoms with E-state index < -0.39 is 5.41 Å². The molecule has 0 aliphatic rings. The topological polar surface area (TPSA) is 87.9 Å². The SMILES string of the molecule is CCC(C#N)(CC)C(=O)Nc1nc(C)cc(OC)n1. The average Bonchev–Trinajstić information content (AvgIpc) is 2.40. The predicted molar refractivity (Wildman–Crippen MR) is 70.6 cm³/mol. The van der Waals surface area contributed by atoms with Gasteiger partial charge >= 0.3 is 0 Å². The van der Waals surface area contributed by atoms with Crippen molar-refractivity contribution in [2.24, 2.45) is 5.41 Å². The summed E-state index contributed by atoms with van der Waals surface area (Å²) in [5.74, 6) is 0.148. The fraction of sp³-hybridized carbons (Fsp3) is 0.538. The van der Waals surface area contributed by atoms with E-state index in [9.17, 15) is 10.1 Å². The second kappa shape index (κ2) is 6.14. The monoisotopic (exact) mass is 262 g/mol. The number of nitrogens with zero attached hydrogens (tertiary/aromatic N) is 3. The van der Waals surface area contributed by atoms with Crippen molar-refractivity contribution in [3.8, 4) is 11.9 Å². The van der Waals surface area contributed by atoms with Crippen LogP contribution in [0.2, 0.25) is 0 Å². The quantitative estimate of drug-likeness (QED) is 0.877. The molecule has 0 aliphatic carbocycles. The van der Waals surface area contributed by atoms with Gasteiger partial charge in [-0.05, 0) is 19.8 Å². The Morgan fingerprint density at radius 2 is 2.11 bits per heavy atom. The zero-order chi connectivity index (χ0) is 14.5. The molecule has 1 aromatic rings. The van der Waals surface area contributed by atoms with Crippen molar-refractivity contribution in [3.63, 3.8) is 0 Å². The number of ether oxygens (including phenoxy) is 1. The van der Waals surface area contributed by atoms with E-state index in [1.165, 1.54) is 7.11 Å². The van der Waals surface area contributed by atoms with Crippen molar-refractivity contribution in [1.29, 1.82) is 5.26 Å². The second-order valence-corrected chi connectivity index (χ2v) is 4.23. The lowest BCUT2D eigenvalue weighted by atomic mass is 9.83. The Balaban J connectivity index is 3.00. The van der Waals surface area contributed by atoms with E-state index >= 15 is 0 Å². The smallest absolute Gasteiger partial charge is 0.247 e. The van der Waals surface area contributed by atoms with Gasteiger partial charge in [-0.2, -0.15) is 10.2 Å². The molecule has 6 nitrogen and oxygen atoms in total. The van der Waals surface area contributed by atoms with Crippen LogP contribution >= 0.6 is 0 Å². The van der Waals surface area contributed by atoms with Gasteiger partial charge < -0.3 is 4.74 Å². The first-order valence-corrected chi connectivity index (χ1v) is 6.13. The molecule has 0 atom stereocenters. The minimum absolute atomic E-state index is 0.156. The lowest BCUT2D eigenvalue weighted by molar-refractivity contribution is -0.123. The molecular weight excluding hydrogens is 244 g/mol. The number of methoxy groups -OCH3 is 1. The fourth-order valence-electron chi connectivity index (χ4n) is 1.70. The maximum atomic E-state index is 12.2. The molecular formula is C13H18N4O2. The third-order valence-electron chi connectivity index (χ3n) is 3.12. The van der Waals surface area contributed by atoms with Crippen molar-refractivity contribution < 1.29 is 9.53 Å². The summed E-state index contributed by atoms with van der Waals surface area (Å²) in [6.07, 6.45) is 0.879. The van der Waals surface area contributed by atoms with Crippen LogP contribution in [0, 0.1) is 23.7 Å². The summed E-state index contributed by atoms with van der Waals surface area (Å²) in [6.45, 7) is 5.39. The first-order valence-electron chi connectivity index (χ1n) is 6.13. The van der Waals surface area contributed by atoms with E-state index in [4.69, 9.17) is 4.74 Å². The Morgan fingerprint density at radius 1 is 1.47 bits per heavy atom. The number of aromatic nitrogens is 2. The number of nitrogens with one attached hydrogen (secondary N) is 1. The van der Waals surface area contributed by atoms with Crippen LogP contribution in [0.1, 0.15) is 32.4 Å². The minimum atomic E-state index is -1.04. The normalized spacial score (nSPS) is 10.7. The number of carbonyl (C=O) groups excluding carboxylic acids is 1. The molecule has 1 aromatic heterocycles. The van der Waals surface area contributed by atoms with Gasteiger partial charge in [-0.3, -0.25) is 10.1 Å². The first kappa shape index (κ1) is 14.9. The van der Waals surface area contributed by atoms with Gasteiger partial charge in [0.05, 0.1) is 13.2 Å². The van der Waals surface area contributed by atoms with Crippen molar-refractivity contribution >= 4 is 11.9 Å². The van der Waals surface area contributed by atoms with Crippen LogP contribution in [-0.4, -0.2) is 23.0 Å². The van der Waals surface area contributed by atoms with Crippen molar-refractivity contribution in [2.75, 3.05) is 12.4 Å². The van der Waals surface area contributed by atoms with Crippen LogP contribution in [0.15, 0.2) is 6.07 Å². The molecule has 1 heterocycles. The number of carbonyl (C=O) groups is 1. The Hall–Kier alpha value is -2.16. The standard InChI is InChI=1S/C13H18N4O2/c1-5-13(6-2,8-14)11(18)17-12-15-9(3)7-10(16-12)19-4/h7H,5-6H2,1-4H3,(H,15,16,17,18). The highest BCUT2D eigenvalue weighted by molar-refractivity contribution is 5.95. The molecule has 0 aliphatic heterocycles. The van der Waals surface area contributed by atoms with Crippen LogP contribution in [0.4, 0.5) is 5.95 Å². The van der Waals surface area contributed by atoms with Crippen molar-refractivity contribution in [3.05, 3.63) is 11.8 Å². The molecule has 0 fully saturated rings. The molecule has 1 N–H and O–H groups in total. The van der Waals surface area contributed by atoms with Crippen LogP contribution in [0.25, 0.3) is 0 Å². The van der Waals surface area contributed by atoms with Gasteiger partial charge in [0.2, 0.25) is 17.7 Å². The van der Waals surface area contributed by atoms with Gasteiger partial charge in [0, 0.05) is 11.8 Å². The molecule has 0 saturated carbocycles. The molecule has 6 heteroatoms. The molecule has 0 aromatic carbocycles. The van der Waals surface area contributed by atoms with Gasteiger partial charge in [-0.25, -0.2) is 4.98 Å². The van der Waals surface area contributed by atoms with E-state index in [0.717, 1.165) is 0 Å². The zero-order valence-electron chi connectivity index (χ0n) is 11.6. The molecule has 19 heavy (non-hydrogen) atoms. The summed E-state index contributed by atoms with van der Waals surface area (Å²) in [6, 6.07) is 3.74. The Morgan fingerprint density at radius 3 is 2.58 bits per heavy atom. The first-order chi connectivity index (χ1) is 9.01. The van der Waals surface area contributed by atoms with E-state index in [0.29, 0.717) is 24.4 Å².